The van der Waals surface area contributed by atoms with Gasteiger partial charge in [-0.05, 0) is 25.5 Å². The van der Waals surface area contributed by atoms with Gasteiger partial charge in [0.25, 0.3) is 5.91 Å². The van der Waals surface area contributed by atoms with E-state index in [2.05, 4.69) is 10.6 Å². The van der Waals surface area contributed by atoms with Crippen LogP contribution in [-0.4, -0.2) is 34.8 Å². The maximum atomic E-state index is 13.4. The number of rotatable bonds is 4. The lowest BCUT2D eigenvalue weighted by atomic mass is 9.99. The predicted octanol–water partition coefficient (Wildman–Crippen LogP) is 1.62. The minimum Gasteiger partial charge on any atom is -0.323 e. The van der Waals surface area contributed by atoms with Crippen molar-refractivity contribution in [2.75, 3.05) is 11.9 Å². The second-order valence-corrected chi connectivity index (χ2v) is 5.18. The van der Waals surface area contributed by atoms with Crippen molar-refractivity contribution in [3.63, 3.8) is 0 Å². The number of nitrogens with one attached hydrogen (secondary N) is 2. The number of benzene rings is 1. The van der Waals surface area contributed by atoms with Crippen LogP contribution in [0.4, 0.5) is 19.3 Å². The number of nitrogens with zero attached hydrogens (tertiary/aromatic N) is 1. The molecule has 1 aromatic carbocycles. The van der Waals surface area contributed by atoms with E-state index in [4.69, 9.17) is 0 Å². The Morgan fingerprint density at radius 1 is 1.36 bits per heavy atom. The molecular formula is C14H15F2N3O3. The monoisotopic (exact) mass is 311 g/mol. The van der Waals surface area contributed by atoms with Crippen molar-refractivity contribution in [3.8, 4) is 0 Å². The molecule has 2 rings (SSSR count). The quantitative estimate of drug-likeness (QED) is 0.830. The zero-order chi connectivity index (χ0) is 16.5. The number of hydrogen-bond acceptors (Lipinski definition) is 3. The predicted molar refractivity (Wildman–Crippen MR) is 73.9 cm³/mol. The van der Waals surface area contributed by atoms with Crippen LogP contribution in [0.15, 0.2) is 18.2 Å². The van der Waals surface area contributed by atoms with Crippen LogP contribution >= 0.6 is 0 Å². The molecular weight excluding hydrogens is 296 g/mol. The van der Waals surface area contributed by atoms with E-state index in [9.17, 15) is 23.2 Å². The molecule has 1 aliphatic heterocycles. The van der Waals surface area contributed by atoms with Gasteiger partial charge in [0.1, 0.15) is 23.7 Å². The molecule has 4 amide bonds. The molecule has 0 aliphatic carbocycles. The van der Waals surface area contributed by atoms with Gasteiger partial charge in [-0.15, -0.1) is 0 Å². The fourth-order valence-corrected chi connectivity index (χ4v) is 2.05. The first-order valence-corrected chi connectivity index (χ1v) is 6.66. The summed E-state index contributed by atoms with van der Waals surface area (Å²) < 4.78 is 26.2. The Morgan fingerprint density at radius 3 is 2.59 bits per heavy atom. The van der Waals surface area contributed by atoms with Crippen LogP contribution in [0.25, 0.3) is 0 Å². The Balaban J connectivity index is 2.06. The molecule has 8 heteroatoms. The lowest BCUT2D eigenvalue weighted by molar-refractivity contribution is -0.133. The van der Waals surface area contributed by atoms with E-state index in [1.54, 1.807) is 13.8 Å². The summed E-state index contributed by atoms with van der Waals surface area (Å²) in [5.74, 6) is -2.99. The first-order valence-electron chi connectivity index (χ1n) is 6.66. The van der Waals surface area contributed by atoms with Crippen molar-refractivity contribution >= 4 is 23.5 Å². The molecule has 0 bridgehead atoms. The van der Waals surface area contributed by atoms with Gasteiger partial charge in [0.2, 0.25) is 5.91 Å². The molecule has 1 aliphatic rings. The lowest BCUT2D eigenvalue weighted by Crippen LogP contribution is -2.44. The standard InChI is InChI=1S/C14H15F2N3O3/c1-3-14(2)12(21)19(13(22)18-14)7-11(20)17-10-5-4-8(15)6-9(10)16/h4-6H,3,7H2,1-2H3,(H,17,20)(H,18,22)/t14-/m1/s1. The summed E-state index contributed by atoms with van der Waals surface area (Å²) in [5, 5.41) is 4.70. The van der Waals surface area contributed by atoms with Gasteiger partial charge in [0, 0.05) is 6.07 Å². The topological polar surface area (TPSA) is 78.5 Å². The third-order valence-electron chi connectivity index (χ3n) is 3.56. The molecule has 1 atom stereocenters. The van der Waals surface area contributed by atoms with Gasteiger partial charge in [-0.3, -0.25) is 14.5 Å². The zero-order valence-electron chi connectivity index (χ0n) is 12.1. The number of hydrogen-bond donors (Lipinski definition) is 2. The number of anilines is 1. The SMILES string of the molecule is CC[C@@]1(C)NC(=O)N(CC(=O)Nc2ccc(F)cc2F)C1=O. The van der Waals surface area contributed by atoms with E-state index in [0.717, 1.165) is 17.0 Å². The molecule has 2 N–H and O–H groups in total. The number of carbonyl (C=O) groups is 3. The third kappa shape index (κ3) is 2.90. The fraction of sp³-hybridized carbons (Fsp3) is 0.357. The Labute approximate surface area is 125 Å². The van der Waals surface area contributed by atoms with E-state index in [1.807, 2.05) is 0 Å². The van der Waals surface area contributed by atoms with Crippen molar-refractivity contribution < 1.29 is 23.2 Å². The van der Waals surface area contributed by atoms with E-state index in [0.29, 0.717) is 12.5 Å². The van der Waals surface area contributed by atoms with Crippen molar-refractivity contribution in [2.45, 2.75) is 25.8 Å². The van der Waals surface area contributed by atoms with E-state index in [-0.39, 0.29) is 5.69 Å². The average Bonchev–Trinajstić information content (AvgIpc) is 2.66. The lowest BCUT2D eigenvalue weighted by Gasteiger charge is -2.19. The first-order chi connectivity index (χ1) is 10.3. The Morgan fingerprint density at radius 2 is 2.05 bits per heavy atom. The molecule has 118 valence electrons. The van der Waals surface area contributed by atoms with Gasteiger partial charge in [0.15, 0.2) is 0 Å². The first kappa shape index (κ1) is 15.9. The minimum absolute atomic E-state index is 0.225. The summed E-state index contributed by atoms with van der Waals surface area (Å²) in [7, 11) is 0. The molecule has 1 aromatic rings. The molecule has 0 saturated carbocycles. The summed E-state index contributed by atoms with van der Waals surface area (Å²) in [5.41, 5.74) is -1.27. The summed E-state index contributed by atoms with van der Waals surface area (Å²) in [6.45, 7) is 2.75. The van der Waals surface area contributed by atoms with E-state index >= 15 is 0 Å². The van der Waals surface area contributed by atoms with Crippen molar-refractivity contribution in [2.24, 2.45) is 0 Å². The summed E-state index contributed by atoms with van der Waals surface area (Å²) in [6.07, 6.45) is 0.377. The second kappa shape index (κ2) is 5.70. The maximum Gasteiger partial charge on any atom is 0.325 e. The van der Waals surface area contributed by atoms with Crippen LogP contribution in [0.1, 0.15) is 20.3 Å². The Bertz CT molecular complexity index is 650. The zero-order valence-corrected chi connectivity index (χ0v) is 12.1. The number of carbonyl (C=O) groups excluding carboxylic acids is 3. The molecule has 0 unspecified atom stereocenters. The number of imide groups is 1. The average molecular weight is 311 g/mol. The summed E-state index contributed by atoms with van der Waals surface area (Å²) >= 11 is 0. The molecule has 22 heavy (non-hydrogen) atoms. The van der Waals surface area contributed by atoms with Gasteiger partial charge >= 0.3 is 6.03 Å². The number of halogens is 2. The van der Waals surface area contributed by atoms with Crippen LogP contribution in [0.5, 0.6) is 0 Å². The second-order valence-electron chi connectivity index (χ2n) is 5.18. The molecule has 0 aromatic heterocycles. The van der Waals surface area contributed by atoms with Gasteiger partial charge in [-0.2, -0.15) is 0 Å². The van der Waals surface area contributed by atoms with Gasteiger partial charge < -0.3 is 10.6 Å². The highest BCUT2D eigenvalue weighted by Gasteiger charge is 2.46. The summed E-state index contributed by atoms with van der Waals surface area (Å²) in [6, 6.07) is 1.99. The maximum absolute atomic E-state index is 13.4. The van der Waals surface area contributed by atoms with Crippen LogP contribution in [0, 0.1) is 11.6 Å². The van der Waals surface area contributed by atoms with Crippen LogP contribution in [0.3, 0.4) is 0 Å². The van der Waals surface area contributed by atoms with Crippen molar-refractivity contribution in [3.05, 3.63) is 29.8 Å². The van der Waals surface area contributed by atoms with E-state index < -0.39 is 41.6 Å². The van der Waals surface area contributed by atoms with E-state index in [1.165, 1.54) is 0 Å². The molecule has 1 fully saturated rings. The van der Waals surface area contributed by atoms with Crippen molar-refractivity contribution in [1.29, 1.82) is 0 Å². The summed E-state index contributed by atoms with van der Waals surface area (Å²) in [4.78, 5) is 36.5. The van der Waals surface area contributed by atoms with Gasteiger partial charge in [-0.1, -0.05) is 6.92 Å². The molecule has 6 nitrogen and oxygen atoms in total. The molecule has 0 radical (unpaired) electrons. The highest BCUT2D eigenvalue weighted by Crippen LogP contribution is 2.21. The van der Waals surface area contributed by atoms with Crippen molar-refractivity contribution in [1.82, 2.24) is 10.2 Å². The highest BCUT2D eigenvalue weighted by atomic mass is 19.1. The molecule has 1 saturated heterocycles. The largest absolute Gasteiger partial charge is 0.325 e. The van der Waals surface area contributed by atoms with Gasteiger partial charge in [-0.25, -0.2) is 13.6 Å². The third-order valence-corrected chi connectivity index (χ3v) is 3.56. The Kier molecular flexibility index (Phi) is 4.11. The van der Waals surface area contributed by atoms with Crippen LogP contribution in [-0.2, 0) is 9.59 Å². The highest BCUT2D eigenvalue weighted by molar-refractivity contribution is 6.09. The molecule has 0 spiro atoms. The minimum atomic E-state index is -1.04. The molecule has 1 heterocycles. The Hall–Kier alpha value is -2.51. The van der Waals surface area contributed by atoms with Gasteiger partial charge in [0.05, 0.1) is 5.69 Å². The number of amides is 4. The van der Waals surface area contributed by atoms with Crippen LogP contribution < -0.4 is 10.6 Å². The number of urea groups is 1. The fourth-order valence-electron chi connectivity index (χ4n) is 2.05. The normalized spacial score (nSPS) is 21.0. The van der Waals surface area contributed by atoms with Crippen LogP contribution in [0.2, 0.25) is 0 Å². The smallest absolute Gasteiger partial charge is 0.323 e.